The van der Waals surface area contributed by atoms with Crippen molar-refractivity contribution in [3.05, 3.63) is 29.8 Å². The molecule has 0 bridgehead atoms. The fraction of sp³-hybridized carbons (Fsp3) is 0.588. The third kappa shape index (κ3) is 2.71. The standard InChI is InChI=1S/C17H24N2O2/c1-16(2,3)21-15(20)19-8-7-17(10-13(17)11-19)12-5-4-6-14(18)9-12/h4-6,9,13H,7-8,10-11,18H2,1-3H3. The zero-order valence-electron chi connectivity index (χ0n) is 13.1. The molecule has 21 heavy (non-hydrogen) atoms. The molecule has 4 nitrogen and oxygen atoms in total. The summed E-state index contributed by atoms with van der Waals surface area (Å²) in [6.07, 6.45) is 1.96. The van der Waals surface area contributed by atoms with Crippen LogP contribution in [0.2, 0.25) is 0 Å². The summed E-state index contributed by atoms with van der Waals surface area (Å²) in [5.74, 6) is 0.542. The Balaban J connectivity index is 1.67. The number of piperidine rings is 1. The highest BCUT2D eigenvalue weighted by Crippen LogP contribution is 2.59. The van der Waals surface area contributed by atoms with Crippen LogP contribution in [0, 0.1) is 5.92 Å². The van der Waals surface area contributed by atoms with Crippen molar-refractivity contribution in [2.24, 2.45) is 5.92 Å². The third-order valence-electron chi connectivity index (χ3n) is 4.61. The first kappa shape index (κ1) is 14.2. The van der Waals surface area contributed by atoms with E-state index in [1.807, 2.05) is 37.8 Å². The van der Waals surface area contributed by atoms with Crippen LogP contribution < -0.4 is 5.73 Å². The SMILES string of the molecule is CC(C)(C)OC(=O)N1CCC2(c3cccc(N)c3)CC2C1. The van der Waals surface area contributed by atoms with Gasteiger partial charge in [0, 0.05) is 24.2 Å². The lowest BCUT2D eigenvalue weighted by Gasteiger charge is -2.33. The van der Waals surface area contributed by atoms with E-state index in [1.165, 1.54) is 5.56 Å². The van der Waals surface area contributed by atoms with Gasteiger partial charge in [0.15, 0.2) is 0 Å². The third-order valence-corrected chi connectivity index (χ3v) is 4.61. The highest BCUT2D eigenvalue weighted by molar-refractivity contribution is 5.68. The molecule has 1 aromatic rings. The minimum Gasteiger partial charge on any atom is -0.444 e. The number of amides is 1. The molecule has 0 aromatic heterocycles. The predicted molar refractivity (Wildman–Crippen MR) is 83.1 cm³/mol. The molecule has 0 radical (unpaired) electrons. The van der Waals surface area contributed by atoms with Crippen LogP contribution in [-0.2, 0) is 10.2 Å². The first-order chi connectivity index (χ1) is 9.80. The van der Waals surface area contributed by atoms with E-state index < -0.39 is 5.60 Å². The van der Waals surface area contributed by atoms with Crippen molar-refractivity contribution in [1.29, 1.82) is 0 Å². The molecule has 2 atom stereocenters. The lowest BCUT2D eigenvalue weighted by atomic mass is 9.87. The normalized spacial score (nSPS) is 28.0. The van der Waals surface area contributed by atoms with E-state index in [4.69, 9.17) is 10.5 Å². The van der Waals surface area contributed by atoms with Crippen LogP contribution in [0.4, 0.5) is 10.5 Å². The van der Waals surface area contributed by atoms with E-state index in [2.05, 4.69) is 12.1 Å². The largest absolute Gasteiger partial charge is 0.444 e. The Labute approximate surface area is 126 Å². The molecule has 2 unspecified atom stereocenters. The van der Waals surface area contributed by atoms with Crippen molar-refractivity contribution < 1.29 is 9.53 Å². The molecule has 114 valence electrons. The number of nitrogens with two attached hydrogens (primary N) is 1. The monoisotopic (exact) mass is 288 g/mol. The van der Waals surface area contributed by atoms with Crippen molar-refractivity contribution in [1.82, 2.24) is 4.90 Å². The summed E-state index contributed by atoms with van der Waals surface area (Å²) in [4.78, 5) is 14.0. The highest BCUT2D eigenvalue weighted by atomic mass is 16.6. The molecular weight excluding hydrogens is 264 g/mol. The van der Waals surface area contributed by atoms with Crippen LogP contribution >= 0.6 is 0 Å². The van der Waals surface area contributed by atoms with Crippen LogP contribution in [0.3, 0.4) is 0 Å². The molecule has 2 fully saturated rings. The summed E-state index contributed by atoms with van der Waals surface area (Å²) in [7, 11) is 0. The Bertz CT molecular complexity index is 564. The van der Waals surface area contributed by atoms with E-state index in [-0.39, 0.29) is 11.5 Å². The molecule has 2 aliphatic rings. The number of ether oxygens (including phenoxy) is 1. The molecule has 1 aromatic carbocycles. The zero-order chi connectivity index (χ0) is 15.3. The number of fused-ring (bicyclic) bond motifs is 1. The Morgan fingerprint density at radius 3 is 2.81 bits per heavy atom. The van der Waals surface area contributed by atoms with Crippen LogP contribution in [0.15, 0.2) is 24.3 Å². The lowest BCUT2D eigenvalue weighted by molar-refractivity contribution is 0.0199. The fourth-order valence-electron chi connectivity index (χ4n) is 3.46. The second-order valence-corrected chi connectivity index (χ2v) is 7.36. The molecule has 2 N–H and O–H groups in total. The summed E-state index contributed by atoms with van der Waals surface area (Å²) in [5, 5.41) is 0. The summed E-state index contributed by atoms with van der Waals surface area (Å²) >= 11 is 0. The topological polar surface area (TPSA) is 55.6 Å². The van der Waals surface area contributed by atoms with Gasteiger partial charge < -0.3 is 15.4 Å². The van der Waals surface area contributed by atoms with E-state index >= 15 is 0 Å². The Morgan fingerprint density at radius 2 is 2.19 bits per heavy atom. The fourth-order valence-corrected chi connectivity index (χ4v) is 3.46. The van der Waals surface area contributed by atoms with Gasteiger partial charge in [-0.2, -0.15) is 0 Å². The number of carbonyl (C=O) groups is 1. The van der Waals surface area contributed by atoms with Crippen molar-refractivity contribution in [2.75, 3.05) is 18.8 Å². The summed E-state index contributed by atoms with van der Waals surface area (Å²) in [6, 6.07) is 8.20. The highest BCUT2D eigenvalue weighted by Gasteiger charge is 2.58. The number of hydrogen-bond donors (Lipinski definition) is 1. The molecule has 1 heterocycles. The summed E-state index contributed by atoms with van der Waals surface area (Å²) < 4.78 is 5.47. The predicted octanol–water partition coefficient (Wildman–Crippen LogP) is 3.17. The molecule has 1 amide bonds. The van der Waals surface area contributed by atoms with E-state index in [0.717, 1.165) is 31.6 Å². The molecule has 1 saturated heterocycles. The Hall–Kier alpha value is -1.71. The summed E-state index contributed by atoms with van der Waals surface area (Å²) in [5.41, 5.74) is 7.87. The number of hydrogen-bond acceptors (Lipinski definition) is 3. The van der Waals surface area contributed by atoms with E-state index in [1.54, 1.807) is 0 Å². The molecule has 3 rings (SSSR count). The van der Waals surface area contributed by atoms with Crippen molar-refractivity contribution >= 4 is 11.8 Å². The second-order valence-electron chi connectivity index (χ2n) is 7.36. The smallest absolute Gasteiger partial charge is 0.410 e. The van der Waals surface area contributed by atoms with Crippen LogP contribution in [0.25, 0.3) is 0 Å². The van der Waals surface area contributed by atoms with Gasteiger partial charge in [-0.3, -0.25) is 0 Å². The maximum absolute atomic E-state index is 12.2. The zero-order valence-corrected chi connectivity index (χ0v) is 13.1. The average molecular weight is 288 g/mol. The minimum atomic E-state index is -0.428. The van der Waals surface area contributed by atoms with Gasteiger partial charge in [0.25, 0.3) is 0 Å². The first-order valence-corrected chi connectivity index (χ1v) is 7.64. The van der Waals surface area contributed by atoms with E-state index in [9.17, 15) is 4.79 Å². The van der Waals surface area contributed by atoms with Crippen LogP contribution in [0.5, 0.6) is 0 Å². The number of likely N-dealkylation sites (tertiary alicyclic amines) is 1. The van der Waals surface area contributed by atoms with Gasteiger partial charge in [0.05, 0.1) is 0 Å². The van der Waals surface area contributed by atoms with Gasteiger partial charge in [0.1, 0.15) is 5.60 Å². The molecular formula is C17H24N2O2. The maximum Gasteiger partial charge on any atom is 0.410 e. The molecule has 1 aliphatic carbocycles. The molecule has 1 aliphatic heterocycles. The Morgan fingerprint density at radius 1 is 1.43 bits per heavy atom. The molecule has 4 heteroatoms. The van der Waals surface area contributed by atoms with Crippen molar-refractivity contribution in [3.63, 3.8) is 0 Å². The molecule has 1 saturated carbocycles. The number of nitrogen functional groups attached to an aromatic ring is 1. The van der Waals surface area contributed by atoms with Crippen LogP contribution in [0.1, 0.15) is 39.2 Å². The van der Waals surface area contributed by atoms with Gasteiger partial charge >= 0.3 is 6.09 Å². The van der Waals surface area contributed by atoms with Crippen LogP contribution in [-0.4, -0.2) is 29.7 Å². The molecule has 0 spiro atoms. The average Bonchev–Trinajstić information content (AvgIpc) is 3.11. The van der Waals surface area contributed by atoms with Gasteiger partial charge in [-0.05, 0) is 57.2 Å². The van der Waals surface area contributed by atoms with Gasteiger partial charge in [0.2, 0.25) is 0 Å². The second kappa shape index (κ2) is 4.65. The van der Waals surface area contributed by atoms with Gasteiger partial charge in [-0.25, -0.2) is 4.79 Å². The summed E-state index contributed by atoms with van der Waals surface area (Å²) in [6.45, 7) is 7.28. The Kier molecular flexibility index (Phi) is 3.15. The van der Waals surface area contributed by atoms with Gasteiger partial charge in [-0.15, -0.1) is 0 Å². The van der Waals surface area contributed by atoms with Gasteiger partial charge in [-0.1, -0.05) is 12.1 Å². The van der Waals surface area contributed by atoms with Crippen molar-refractivity contribution in [3.8, 4) is 0 Å². The first-order valence-electron chi connectivity index (χ1n) is 7.64. The number of anilines is 1. The van der Waals surface area contributed by atoms with Crippen molar-refractivity contribution in [2.45, 2.75) is 44.6 Å². The quantitative estimate of drug-likeness (QED) is 0.808. The maximum atomic E-state index is 12.2. The lowest BCUT2D eigenvalue weighted by Crippen LogP contribution is -2.43. The van der Waals surface area contributed by atoms with E-state index in [0.29, 0.717) is 5.92 Å². The minimum absolute atomic E-state index is 0.185. The number of nitrogens with zero attached hydrogens (tertiary/aromatic N) is 1. The number of benzene rings is 1. The number of rotatable bonds is 1. The number of carbonyl (C=O) groups excluding carboxylic acids is 1.